The molecular weight excluding hydrogens is 356 g/mol. The first-order valence-corrected chi connectivity index (χ1v) is 8.84. The molecule has 2 N–H and O–H groups in total. The molecule has 7 nitrogen and oxygen atoms in total. The lowest BCUT2D eigenvalue weighted by Gasteiger charge is -2.13. The highest BCUT2D eigenvalue weighted by Crippen LogP contribution is 2.17. The van der Waals surface area contributed by atoms with Crippen LogP contribution in [0.4, 0.5) is 5.69 Å². The Kier molecular flexibility index (Phi) is 6.06. The van der Waals surface area contributed by atoms with E-state index in [1.165, 1.54) is 0 Å². The summed E-state index contributed by atoms with van der Waals surface area (Å²) >= 11 is 0. The van der Waals surface area contributed by atoms with Crippen LogP contribution in [-0.4, -0.2) is 42.8 Å². The van der Waals surface area contributed by atoms with Crippen molar-refractivity contribution >= 4 is 17.6 Å². The summed E-state index contributed by atoms with van der Waals surface area (Å²) in [5.74, 6) is -0.993. The van der Waals surface area contributed by atoms with E-state index in [2.05, 4.69) is 15.5 Å². The summed E-state index contributed by atoms with van der Waals surface area (Å²) in [7, 11) is 3.93. The van der Waals surface area contributed by atoms with Crippen molar-refractivity contribution < 1.29 is 14.3 Å². The van der Waals surface area contributed by atoms with E-state index in [9.17, 15) is 9.59 Å². The van der Waals surface area contributed by atoms with Gasteiger partial charge in [-0.2, -0.15) is 5.10 Å². The Hall–Kier alpha value is -3.61. The summed E-state index contributed by atoms with van der Waals surface area (Å²) < 4.78 is 5.05. The second-order valence-electron chi connectivity index (χ2n) is 6.45. The SMILES string of the molecule is CN(C)c1ccc(CNC(=O)COC(=O)c2cc(-c3ccccc3)n[nH]2)cc1. The number of rotatable bonds is 7. The number of amides is 1. The molecule has 0 bridgehead atoms. The predicted molar refractivity (Wildman–Crippen MR) is 107 cm³/mol. The first-order valence-electron chi connectivity index (χ1n) is 8.84. The summed E-state index contributed by atoms with van der Waals surface area (Å²) in [6.07, 6.45) is 0. The molecule has 0 aliphatic carbocycles. The number of anilines is 1. The van der Waals surface area contributed by atoms with Crippen molar-refractivity contribution in [1.82, 2.24) is 15.5 Å². The van der Waals surface area contributed by atoms with Crippen molar-refractivity contribution in [1.29, 1.82) is 0 Å². The van der Waals surface area contributed by atoms with Gasteiger partial charge in [-0.1, -0.05) is 42.5 Å². The van der Waals surface area contributed by atoms with Crippen LogP contribution >= 0.6 is 0 Å². The lowest BCUT2D eigenvalue weighted by atomic mass is 10.1. The number of nitrogens with one attached hydrogen (secondary N) is 2. The van der Waals surface area contributed by atoms with Gasteiger partial charge in [0.25, 0.3) is 5.91 Å². The lowest BCUT2D eigenvalue weighted by molar-refractivity contribution is -0.124. The van der Waals surface area contributed by atoms with Crippen LogP contribution in [-0.2, 0) is 16.1 Å². The monoisotopic (exact) mass is 378 g/mol. The molecule has 0 saturated carbocycles. The van der Waals surface area contributed by atoms with Crippen LogP contribution in [0.25, 0.3) is 11.3 Å². The van der Waals surface area contributed by atoms with E-state index in [4.69, 9.17) is 4.74 Å². The summed E-state index contributed by atoms with van der Waals surface area (Å²) in [5.41, 5.74) is 3.77. The van der Waals surface area contributed by atoms with Gasteiger partial charge in [-0.3, -0.25) is 9.89 Å². The van der Waals surface area contributed by atoms with Crippen LogP contribution < -0.4 is 10.2 Å². The number of hydrogen-bond acceptors (Lipinski definition) is 5. The number of hydrogen-bond donors (Lipinski definition) is 2. The molecule has 28 heavy (non-hydrogen) atoms. The van der Waals surface area contributed by atoms with Gasteiger partial charge in [0, 0.05) is 31.9 Å². The van der Waals surface area contributed by atoms with Gasteiger partial charge in [0.15, 0.2) is 6.61 Å². The van der Waals surface area contributed by atoms with Crippen molar-refractivity contribution in [2.45, 2.75) is 6.54 Å². The predicted octanol–water partition coefficient (Wildman–Crippen LogP) is 2.62. The molecule has 0 radical (unpaired) electrons. The number of carbonyl (C=O) groups excluding carboxylic acids is 2. The van der Waals surface area contributed by atoms with E-state index in [1.807, 2.05) is 73.6 Å². The smallest absolute Gasteiger partial charge is 0.356 e. The molecule has 3 rings (SSSR count). The standard InChI is InChI=1S/C21H22N4O3/c1-25(2)17-10-8-15(9-11-17)13-22-20(26)14-28-21(27)19-12-18(23-24-19)16-6-4-3-5-7-16/h3-12H,13-14H2,1-2H3,(H,22,26)(H,23,24). The van der Waals surface area contributed by atoms with E-state index in [-0.39, 0.29) is 18.2 Å². The average Bonchev–Trinajstić information content (AvgIpc) is 3.22. The van der Waals surface area contributed by atoms with Gasteiger partial charge >= 0.3 is 5.97 Å². The van der Waals surface area contributed by atoms with Crippen molar-refractivity contribution in [3.05, 3.63) is 71.9 Å². The average molecular weight is 378 g/mol. The molecule has 0 fully saturated rings. The van der Waals surface area contributed by atoms with Crippen LogP contribution in [0.15, 0.2) is 60.7 Å². The highest BCUT2D eigenvalue weighted by atomic mass is 16.5. The molecule has 7 heteroatoms. The normalized spacial score (nSPS) is 10.4. The van der Waals surface area contributed by atoms with E-state index >= 15 is 0 Å². The second kappa shape index (κ2) is 8.85. The van der Waals surface area contributed by atoms with Gasteiger partial charge < -0.3 is 15.0 Å². The molecule has 0 atom stereocenters. The van der Waals surface area contributed by atoms with Gasteiger partial charge in [0.2, 0.25) is 0 Å². The molecule has 1 aromatic heterocycles. The Morgan fingerprint density at radius 1 is 1.07 bits per heavy atom. The van der Waals surface area contributed by atoms with E-state index in [0.717, 1.165) is 16.8 Å². The Bertz CT molecular complexity index is 934. The third-order valence-electron chi connectivity index (χ3n) is 4.14. The fraction of sp³-hybridized carbons (Fsp3) is 0.190. The van der Waals surface area contributed by atoms with Crippen LogP contribution in [0.5, 0.6) is 0 Å². The van der Waals surface area contributed by atoms with Crippen molar-refractivity contribution in [2.24, 2.45) is 0 Å². The molecule has 2 aromatic carbocycles. The van der Waals surface area contributed by atoms with Gasteiger partial charge in [0.1, 0.15) is 5.69 Å². The Labute approximate surface area is 163 Å². The van der Waals surface area contributed by atoms with Crippen LogP contribution in [0.2, 0.25) is 0 Å². The zero-order chi connectivity index (χ0) is 19.9. The Morgan fingerprint density at radius 3 is 2.46 bits per heavy atom. The maximum atomic E-state index is 12.1. The van der Waals surface area contributed by atoms with Gasteiger partial charge in [0.05, 0.1) is 5.69 Å². The number of aromatic amines is 1. The number of aromatic nitrogens is 2. The molecule has 1 heterocycles. The van der Waals surface area contributed by atoms with Gasteiger partial charge in [-0.15, -0.1) is 0 Å². The lowest BCUT2D eigenvalue weighted by Crippen LogP contribution is -2.28. The summed E-state index contributed by atoms with van der Waals surface area (Å²) in [4.78, 5) is 26.0. The first-order chi connectivity index (χ1) is 13.5. The second-order valence-corrected chi connectivity index (χ2v) is 6.45. The minimum atomic E-state index is -0.625. The zero-order valence-corrected chi connectivity index (χ0v) is 15.8. The fourth-order valence-electron chi connectivity index (χ4n) is 2.56. The van der Waals surface area contributed by atoms with Crippen LogP contribution in [0.3, 0.4) is 0 Å². The summed E-state index contributed by atoms with van der Waals surface area (Å²) in [6, 6.07) is 18.9. The van der Waals surface area contributed by atoms with Crippen LogP contribution in [0.1, 0.15) is 16.1 Å². The van der Waals surface area contributed by atoms with Crippen molar-refractivity contribution in [2.75, 3.05) is 25.6 Å². The van der Waals surface area contributed by atoms with Crippen LogP contribution in [0, 0.1) is 0 Å². The molecule has 0 aliphatic rings. The third kappa shape index (κ3) is 4.97. The number of benzene rings is 2. The molecule has 1 amide bonds. The van der Waals surface area contributed by atoms with E-state index in [0.29, 0.717) is 12.2 Å². The molecule has 0 unspecified atom stereocenters. The zero-order valence-electron chi connectivity index (χ0n) is 15.8. The molecule has 0 saturated heterocycles. The van der Waals surface area contributed by atoms with Crippen molar-refractivity contribution in [3.8, 4) is 11.3 Å². The fourth-order valence-corrected chi connectivity index (χ4v) is 2.56. The largest absolute Gasteiger partial charge is 0.451 e. The number of esters is 1. The molecule has 0 aliphatic heterocycles. The van der Waals surface area contributed by atoms with E-state index in [1.54, 1.807) is 6.07 Å². The Balaban J connectivity index is 1.46. The molecule has 0 spiro atoms. The number of nitrogens with zero attached hydrogens (tertiary/aromatic N) is 2. The first kappa shape index (κ1) is 19.2. The topological polar surface area (TPSA) is 87.3 Å². The number of H-pyrrole nitrogens is 1. The molecule has 144 valence electrons. The maximum Gasteiger partial charge on any atom is 0.356 e. The highest BCUT2D eigenvalue weighted by Gasteiger charge is 2.14. The third-order valence-corrected chi connectivity index (χ3v) is 4.14. The number of carbonyl (C=O) groups is 2. The van der Waals surface area contributed by atoms with Crippen molar-refractivity contribution in [3.63, 3.8) is 0 Å². The minimum absolute atomic E-state index is 0.200. The van der Waals surface area contributed by atoms with Gasteiger partial charge in [-0.05, 0) is 23.8 Å². The molecule has 3 aromatic rings. The van der Waals surface area contributed by atoms with E-state index < -0.39 is 5.97 Å². The summed E-state index contributed by atoms with van der Waals surface area (Å²) in [5, 5.41) is 9.47. The molecular formula is C21H22N4O3. The quantitative estimate of drug-likeness (QED) is 0.617. The number of ether oxygens (including phenoxy) is 1. The minimum Gasteiger partial charge on any atom is -0.451 e. The summed E-state index contributed by atoms with van der Waals surface area (Å²) in [6.45, 7) is 0.0145. The Morgan fingerprint density at radius 2 is 1.79 bits per heavy atom. The maximum absolute atomic E-state index is 12.1. The van der Waals surface area contributed by atoms with Gasteiger partial charge in [-0.25, -0.2) is 4.79 Å². The highest BCUT2D eigenvalue weighted by molar-refractivity contribution is 5.90.